The van der Waals surface area contributed by atoms with Crippen LogP contribution in [0.25, 0.3) is 5.69 Å². The first-order chi connectivity index (χ1) is 9.24. The van der Waals surface area contributed by atoms with Gasteiger partial charge in [0.15, 0.2) is 0 Å². The molecule has 0 fully saturated rings. The van der Waals surface area contributed by atoms with Crippen LogP contribution >= 0.6 is 11.6 Å². The fraction of sp³-hybridized carbons (Fsp3) is 0.417. The lowest BCUT2D eigenvalue weighted by Gasteiger charge is -2.03. The molecule has 0 saturated heterocycles. The molecule has 6 nitrogen and oxygen atoms in total. The Hall–Kier alpha value is -1.66. The van der Waals surface area contributed by atoms with Crippen LogP contribution in [-0.4, -0.2) is 26.2 Å². The summed E-state index contributed by atoms with van der Waals surface area (Å²) < 4.78 is 8.63. The van der Waals surface area contributed by atoms with Gasteiger partial charge in [-0.3, -0.25) is 4.79 Å². The highest BCUT2D eigenvalue weighted by Crippen LogP contribution is 2.04. The molecule has 2 aromatic rings. The molecule has 0 atom stereocenters. The SMILES string of the molecule is CCCOCn1cc(-n2ccc(=O)c(CCl)n2)cn1. The van der Waals surface area contributed by atoms with E-state index in [-0.39, 0.29) is 11.3 Å². The monoisotopic (exact) mass is 282 g/mol. The lowest BCUT2D eigenvalue weighted by molar-refractivity contribution is 0.0693. The van der Waals surface area contributed by atoms with Gasteiger partial charge in [-0.1, -0.05) is 6.92 Å². The lowest BCUT2D eigenvalue weighted by atomic mass is 10.4. The van der Waals surface area contributed by atoms with Gasteiger partial charge in [-0.05, 0) is 6.42 Å². The number of hydrogen-bond donors (Lipinski definition) is 0. The van der Waals surface area contributed by atoms with E-state index in [0.29, 0.717) is 19.0 Å². The molecule has 2 aromatic heterocycles. The van der Waals surface area contributed by atoms with E-state index in [4.69, 9.17) is 16.3 Å². The van der Waals surface area contributed by atoms with Gasteiger partial charge in [-0.25, -0.2) is 9.36 Å². The largest absolute Gasteiger partial charge is 0.359 e. The van der Waals surface area contributed by atoms with E-state index in [1.807, 2.05) is 6.92 Å². The fourth-order valence-corrected chi connectivity index (χ4v) is 1.71. The minimum Gasteiger partial charge on any atom is -0.359 e. The van der Waals surface area contributed by atoms with Crippen molar-refractivity contribution in [3.63, 3.8) is 0 Å². The van der Waals surface area contributed by atoms with Crippen LogP contribution in [0.4, 0.5) is 0 Å². The molecule has 0 N–H and O–H groups in total. The summed E-state index contributed by atoms with van der Waals surface area (Å²) in [4.78, 5) is 11.4. The molecule has 0 aliphatic rings. The maximum Gasteiger partial charge on any atom is 0.204 e. The molecule has 102 valence electrons. The topological polar surface area (TPSA) is 61.9 Å². The number of rotatable bonds is 6. The Balaban J connectivity index is 2.16. The van der Waals surface area contributed by atoms with Crippen LogP contribution in [0.2, 0.25) is 0 Å². The van der Waals surface area contributed by atoms with Crippen LogP contribution in [0.1, 0.15) is 19.0 Å². The van der Waals surface area contributed by atoms with Gasteiger partial charge < -0.3 is 4.74 Å². The first kappa shape index (κ1) is 13.8. The molecule has 0 spiro atoms. The molecule has 0 amide bonds. The third-order valence-electron chi connectivity index (χ3n) is 2.46. The van der Waals surface area contributed by atoms with Crippen LogP contribution in [0, 0.1) is 0 Å². The van der Waals surface area contributed by atoms with Gasteiger partial charge in [0.05, 0.1) is 18.3 Å². The Morgan fingerprint density at radius 2 is 2.32 bits per heavy atom. The number of aromatic nitrogens is 4. The minimum absolute atomic E-state index is 0.0907. The summed E-state index contributed by atoms with van der Waals surface area (Å²) in [6.07, 6.45) is 6.01. The van der Waals surface area contributed by atoms with Gasteiger partial charge >= 0.3 is 0 Å². The van der Waals surface area contributed by atoms with Crippen molar-refractivity contribution >= 4 is 11.6 Å². The van der Waals surface area contributed by atoms with E-state index in [1.54, 1.807) is 28.0 Å². The first-order valence-electron chi connectivity index (χ1n) is 6.00. The summed E-state index contributed by atoms with van der Waals surface area (Å²) in [6, 6.07) is 1.44. The molecule has 0 aromatic carbocycles. The molecular weight excluding hydrogens is 268 g/mol. The average molecular weight is 283 g/mol. The normalized spacial score (nSPS) is 10.8. The number of ether oxygens (including phenoxy) is 1. The Morgan fingerprint density at radius 1 is 1.47 bits per heavy atom. The highest BCUT2D eigenvalue weighted by molar-refractivity contribution is 6.16. The van der Waals surface area contributed by atoms with E-state index in [9.17, 15) is 4.79 Å². The van der Waals surface area contributed by atoms with Crippen molar-refractivity contribution in [1.82, 2.24) is 19.6 Å². The van der Waals surface area contributed by atoms with E-state index >= 15 is 0 Å². The van der Waals surface area contributed by atoms with Crippen LogP contribution in [0.5, 0.6) is 0 Å². The molecule has 0 aliphatic carbocycles. The predicted octanol–water partition coefficient (Wildman–Crippen LogP) is 1.55. The van der Waals surface area contributed by atoms with Gasteiger partial charge in [0, 0.05) is 18.9 Å². The van der Waals surface area contributed by atoms with Crippen molar-refractivity contribution < 1.29 is 4.74 Å². The molecule has 0 unspecified atom stereocenters. The summed E-state index contributed by atoms with van der Waals surface area (Å²) >= 11 is 5.66. The van der Waals surface area contributed by atoms with Gasteiger partial charge in [-0.15, -0.1) is 11.6 Å². The second-order valence-corrected chi connectivity index (χ2v) is 4.25. The number of alkyl halides is 1. The minimum atomic E-state index is -0.162. The third kappa shape index (κ3) is 3.42. The molecule has 0 saturated carbocycles. The van der Waals surface area contributed by atoms with E-state index in [1.165, 1.54) is 6.07 Å². The second kappa shape index (κ2) is 6.49. The van der Waals surface area contributed by atoms with Crippen molar-refractivity contribution in [2.24, 2.45) is 0 Å². The quantitative estimate of drug-likeness (QED) is 0.596. The van der Waals surface area contributed by atoms with E-state index in [2.05, 4.69) is 10.2 Å². The molecular formula is C12H15ClN4O2. The second-order valence-electron chi connectivity index (χ2n) is 3.98. The predicted molar refractivity (Wildman–Crippen MR) is 71.4 cm³/mol. The highest BCUT2D eigenvalue weighted by Gasteiger charge is 2.04. The molecule has 0 aliphatic heterocycles. The van der Waals surface area contributed by atoms with Crippen LogP contribution in [-0.2, 0) is 17.3 Å². The summed E-state index contributed by atoms with van der Waals surface area (Å²) in [5.74, 6) is 0.0907. The Bertz CT molecular complexity index is 593. The van der Waals surface area contributed by atoms with Gasteiger partial charge in [0.25, 0.3) is 0 Å². The number of hydrogen-bond acceptors (Lipinski definition) is 4. The molecule has 2 rings (SSSR count). The highest BCUT2D eigenvalue weighted by atomic mass is 35.5. The lowest BCUT2D eigenvalue weighted by Crippen LogP contribution is -2.14. The molecule has 19 heavy (non-hydrogen) atoms. The molecule has 0 bridgehead atoms. The van der Waals surface area contributed by atoms with Crippen molar-refractivity contribution in [3.8, 4) is 5.69 Å². The zero-order valence-corrected chi connectivity index (χ0v) is 11.4. The first-order valence-corrected chi connectivity index (χ1v) is 6.53. The maximum atomic E-state index is 11.4. The molecule has 0 radical (unpaired) electrons. The van der Waals surface area contributed by atoms with Crippen LogP contribution in [0.3, 0.4) is 0 Å². The van der Waals surface area contributed by atoms with Crippen molar-refractivity contribution in [3.05, 3.63) is 40.6 Å². The van der Waals surface area contributed by atoms with Crippen LogP contribution < -0.4 is 5.43 Å². The van der Waals surface area contributed by atoms with Crippen molar-refractivity contribution in [1.29, 1.82) is 0 Å². The van der Waals surface area contributed by atoms with Gasteiger partial charge in [0.2, 0.25) is 5.43 Å². The summed E-state index contributed by atoms with van der Waals surface area (Å²) in [6.45, 7) is 3.14. The zero-order chi connectivity index (χ0) is 13.7. The number of nitrogens with zero attached hydrogens (tertiary/aromatic N) is 4. The van der Waals surface area contributed by atoms with E-state index in [0.717, 1.165) is 12.1 Å². The Kier molecular flexibility index (Phi) is 4.70. The third-order valence-corrected chi connectivity index (χ3v) is 2.72. The van der Waals surface area contributed by atoms with Crippen molar-refractivity contribution in [2.75, 3.05) is 6.61 Å². The molecule has 7 heteroatoms. The van der Waals surface area contributed by atoms with E-state index < -0.39 is 0 Å². The standard InChI is InChI=1S/C12H15ClN4O2/c1-2-5-19-9-16-8-10(7-14-16)17-4-3-12(18)11(6-13)15-17/h3-4,7-8H,2,5-6,9H2,1H3. The smallest absolute Gasteiger partial charge is 0.204 e. The van der Waals surface area contributed by atoms with Crippen LogP contribution in [0.15, 0.2) is 29.5 Å². The Morgan fingerprint density at radius 3 is 3.05 bits per heavy atom. The average Bonchev–Trinajstić information content (AvgIpc) is 2.88. The maximum absolute atomic E-state index is 11.4. The fourth-order valence-electron chi connectivity index (χ4n) is 1.53. The number of halogens is 1. The van der Waals surface area contributed by atoms with Gasteiger partial charge in [0.1, 0.15) is 18.1 Å². The van der Waals surface area contributed by atoms with Gasteiger partial charge in [-0.2, -0.15) is 10.2 Å². The van der Waals surface area contributed by atoms with Crippen molar-refractivity contribution in [2.45, 2.75) is 26.0 Å². The summed E-state index contributed by atoms with van der Waals surface area (Å²) in [7, 11) is 0. The summed E-state index contributed by atoms with van der Waals surface area (Å²) in [5, 5.41) is 8.31. The Labute approximate surface area is 115 Å². The summed E-state index contributed by atoms with van der Waals surface area (Å²) in [5.41, 5.74) is 0.913. The zero-order valence-electron chi connectivity index (χ0n) is 10.6. The molecule has 2 heterocycles.